The number of amides is 1. The van der Waals surface area contributed by atoms with Crippen LogP contribution in [0.1, 0.15) is 36.0 Å². The summed E-state index contributed by atoms with van der Waals surface area (Å²) in [6, 6.07) is 5.18. The fourth-order valence-corrected chi connectivity index (χ4v) is 2.61. The molecule has 4 N–H and O–H groups in total. The van der Waals surface area contributed by atoms with Crippen molar-refractivity contribution in [2.24, 2.45) is 0 Å². The lowest BCUT2D eigenvalue weighted by atomic mass is 10.0. The average molecular weight is 277 g/mol. The molecule has 1 saturated carbocycles. The first kappa shape index (κ1) is 14.7. The molecule has 1 amide bonds. The molecule has 20 heavy (non-hydrogen) atoms. The van der Waals surface area contributed by atoms with Crippen molar-refractivity contribution < 1.29 is 9.90 Å². The number of nitrogens with zero attached hydrogens (tertiary/aromatic N) is 1. The first-order valence-electron chi connectivity index (χ1n) is 6.99. The van der Waals surface area contributed by atoms with Crippen LogP contribution in [0.15, 0.2) is 18.2 Å². The molecule has 5 heteroatoms. The maximum absolute atomic E-state index is 12.1. The fourth-order valence-electron chi connectivity index (χ4n) is 2.61. The molecule has 0 radical (unpaired) electrons. The largest absolute Gasteiger partial charge is 0.399 e. The highest BCUT2D eigenvalue weighted by molar-refractivity contribution is 6.00. The lowest BCUT2D eigenvalue weighted by molar-refractivity contribution is 0.0613. The lowest BCUT2D eigenvalue weighted by Crippen LogP contribution is -2.34. The van der Waals surface area contributed by atoms with Crippen molar-refractivity contribution in [3.63, 3.8) is 0 Å². The Hall–Kier alpha value is -1.75. The van der Waals surface area contributed by atoms with Crippen molar-refractivity contribution in [3.05, 3.63) is 23.8 Å². The number of carbonyl (C=O) groups excluding carboxylic acids is 1. The van der Waals surface area contributed by atoms with E-state index in [1.54, 1.807) is 32.3 Å². The van der Waals surface area contributed by atoms with Crippen LogP contribution < -0.4 is 11.1 Å². The Morgan fingerprint density at radius 1 is 1.40 bits per heavy atom. The summed E-state index contributed by atoms with van der Waals surface area (Å²) in [5.41, 5.74) is 6.99. The van der Waals surface area contributed by atoms with Gasteiger partial charge in [-0.3, -0.25) is 4.79 Å². The topological polar surface area (TPSA) is 78.6 Å². The Labute approximate surface area is 119 Å². The van der Waals surface area contributed by atoms with Crippen LogP contribution in [0.4, 0.5) is 11.4 Å². The van der Waals surface area contributed by atoms with E-state index in [2.05, 4.69) is 5.32 Å². The summed E-state index contributed by atoms with van der Waals surface area (Å²) in [7, 11) is 3.43. The Morgan fingerprint density at radius 2 is 2.05 bits per heavy atom. The smallest absolute Gasteiger partial charge is 0.255 e. The van der Waals surface area contributed by atoms with Crippen molar-refractivity contribution >= 4 is 17.3 Å². The van der Waals surface area contributed by atoms with Crippen LogP contribution in [0.25, 0.3) is 0 Å². The SMILES string of the molecule is CN(C)C(=O)c1ccc(N)cc1NCC1(O)CCCC1. The number of nitrogens with one attached hydrogen (secondary N) is 1. The van der Waals surface area contributed by atoms with Gasteiger partial charge >= 0.3 is 0 Å². The number of hydrogen-bond acceptors (Lipinski definition) is 4. The number of aliphatic hydroxyl groups is 1. The van der Waals surface area contributed by atoms with Gasteiger partial charge in [-0.25, -0.2) is 0 Å². The zero-order chi connectivity index (χ0) is 14.8. The van der Waals surface area contributed by atoms with E-state index in [9.17, 15) is 9.90 Å². The van der Waals surface area contributed by atoms with Crippen molar-refractivity contribution in [2.45, 2.75) is 31.3 Å². The van der Waals surface area contributed by atoms with Gasteiger partial charge in [0.05, 0.1) is 11.2 Å². The van der Waals surface area contributed by atoms with E-state index in [0.717, 1.165) is 25.7 Å². The fraction of sp³-hybridized carbons (Fsp3) is 0.533. The zero-order valence-electron chi connectivity index (χ0n) is 12.1. The molecule has 0 atom stereocenters. The predicted molar refractivity (Wildman–Crippen MR) is 80.8 cm³/mol. The normalized spacial score (nSPS) is 16.9. The quantitative estimate of drug-likeness (QED) is 0.732. The molecule has 0 spiro atoms. The second-order valence-corrected chi connectivity index (χ2v) is 5.79. The number of benzene rings is 1. The third-order valence-electron chi connectivity index (χ3n) is 3.82. The summed E-state index contributed by atoms with van der Waals surface area (Å²) in [5.74, 6) is -0.0779. The molecule has 0 unspecified atom stereocenters. The Morgan fingerprint density at radius 3 is 2.65 bits per heavy atom. The minimum Gasteiger partial charge on any atom is -0.399 e. The monoisotopic (exact) mass is 277 g/mol. The van der Waals surface area contributed by atoms with Gasteiger partial charge in [0.15, 0.2) is 0 Å². The molecule has 0 heterocycles. The van der Waals surface area contributed by atoms with Crippen molar-refractivity contribution in [2.75, 3.05) is 31.7 Å². The summed E-state index contributed by atoms with van der Waals surface area (Å²) < 4.78 is 0. The Kier molecular flexibility index (Phi) is 4.18. The van der Waals surface area contributed by atoms with Crippen molar-refractivity contribution in [3.8, 4) is 0 Å². The Balaban J connectivity index is 2.17. The van der Waals surface area contributed by atoms with Crippen LogP contribution in [-0.4, -0.2) is 42.2 Å². The molecule has 110 valence electrons. The minimum absolute atomic E-state index is 0.0779. The number of rotatable bonds is 4. The van der Waals surface area contributed by atoms with Crippen molar-refractivity contribution in [1.29, 1.82) is 0 Å². The summed E-state index contributed by atoms with van der Waals surface area (Å²) in [6.07, 6.45) is 3.72. The number of nitrogen functional groups attached to an aromatic ring is 1. The predicted octanol–water partition coefficient (Wildman–Crippen LogP) is 1.69. The van der Waals surface area contributed by atoms with Gasteiger partial charge in [-0.2, -0.15) is 0 Å². The molecular weight excluding hydrogens is 254 g/mol. The van der Waals surface area contributed by atoms with Gasteiger partial charge in [-0.15, -0.1) is 0 Å². The third kappa shape index (κ3) is 3.22. The number of nitrogens with two attached hydrogens (primary N) is 1. The first-order chi connectivity index (χ1) is 9.41. The van der Waals surface area contributed by atoms with Crippen LogP contribution in [0.2, 0.25) is 0 Å². The maximum atomic E-state index is 12.1. The van der Waals surface area contributed by atoms with Gasteiger partial charge in [-0.05, 0) is 31.0 Å². The minimum atomic E-state index is -0.664. The highest BCUT2D eigenvalue weighted by Gasteiger charge is 2.31. The summed E-state index contributed by atoms with van der Waals surface area (Å²) >= 11 is 0. The van der Waals surface area contributed by atoms with E-state index < -0.39 is 5.60 Å². The van der Waals surface area contributed by atoms with E-state index in [1.165, 1.54) is 4.90 Å². The van der Waals surface area contributed by atoms with Crippen LogP contribution in [0, 0.1) is 0 Å². The lowest BCUT2D eigenvalue weighted by Gasteiger charge is -2.24. The molecule has 5 nitrogen and oxygen atoms in total. The van der Waals surface area contributed by atoms with Gasteiger partial charge in [0.2, 0.25) is 0 Å². The highest BCUT2D eigenvalue weighted by Crippen LogP contribution is 2.30. The number of carbonyl (C=O) groups is 1. The molecule has 0 aromatic heterocycles. The molecular formula is C15H23N3O2. The van der Waals surface area contributed by atoms with E-state index in [0.29, 0.717) is 23.5 Å². The highest BCUT2D eigenvalue weighted by atomic mass is 16.3. The molecule has 2 rings (SSSR count). The van der Waals surface area contributed by atoms with Crippen LogP contribution in [-0.2, 0) is 0 Å². The van der Waals surface area contributed by atoms with Gasteiger partial charge in [0.25, 0.3) is 5.91 Å². The third-order valence-corrected chi connectivity index (χ3v) is 3.82. The molecule has 0 saturated heterocycles. The molecule has 0 bridgehead atoms. The number of anilines is 2. The van der Waals surface area contributed by atoms with E-state index in [-0.39, 0.29) is 5.91 Å². The number of hydrogen-bond donors (Lipinski definition) is 3. The van der Waals surface area contributed by atoms with E-state index in [1.807, 2.05) is 0 Å². The maximum Gasteiger partial charge on any atom is 0.255 e. The second kappa shape index (κ2) is 5.71. The standard InChI is InChI=1S/C15H23N3O2/c1-18(2)14(19)12-6-5-11(16)9-13(12)17-10-15(20)7-3-4-8-15/h5-6,9,17,20H,3-4,7-8,10,16H2,1-2H3. The van der Waals surface area contributed by atoms with Crippen LogP contribution >= 0.6 is 0 Å². The molecule has 1 aliphatic carbocycles. The van der Waals surface area contributed by atoms with Gasteiger partial charge in [-0.1, -0.05) is 12.8 Å². The summed E-state index contributed by atoms with van der Waals surface area (Å²) in [6.45, 7) is 0.449. The first-order valence-corrected chi connectivity index (χ1v) is 6.99. The molecule has 1 aliphatic rings. The molecule has 0 aliphatic heterocycles. The summed E-state index contributed by atoms with van der Waals surface area (Å²) in [5, 5.41) is 13.6. The van der Waals surface area contributed by atoms with Crippen LogP contribution in [0.5, 0.6) is 0 Å². The van der Waals surface area contributed by atoms with E-state index in [4.69, 9.17) is 5.73 Å². The molecule has 1 fully saturated rings. The zero-order valence-corrected chi connectivity index (χ0v) is 12.1. The van der Waals surface area contributed by atoms with Crippen LogP contribution in [0.3, 0.4) is 0 Å². The van der Waals surface area contributed by atoms with E-state index >= 15 is 0 Å². The second-order valence-electron chi connectivity index (χ2n) is 5.79. The van der Waals surface area contributed by atoms with Crippen molar-refractivity contribution in [1.82, 2.24) is 4.90 Å². The van der Waals surface area contributed by atoms with Gasteiger partial charge < -0.3 is 21.1 Å². The molecule has 1 aromatic rings. The summed E-state index contributed by atoms with van der Waals surface area (Å²) in [4.78, 5) is 13.7. The molecule has 1 aromatic carbocycles. The Bertz CT molecular complexity index is 494. The van der Waals surface area contributed by atoms with Gasteiger partial charge in [0.1, 0.15) is 0 Å². The average Bonchev–Trinajstić information content (AvgIpc) is 2.83. The van der Waals surface area contributed by atoms with Gasteiger partial charge in [0, 0.05) is 32.0 Å².